The summed E-state index contributed by atoms with van der Waals surface area (Å²) < 4.78 is 23.4. The topological polar surface area (TPSA) is 111 Å². The Hall–Kier alpha value is -2.85. The first-order valence-corrected chi connectivity index (χ1v) is 14.3. The van der Waals surface area contributed by atoms with Gasteiger partial charge in [-0.25, -0.2) is 18.2 Å². The molecule has 0 radical (unpaired) electrons. The van der Waals surface area contributed by atoms with E-state index in [9.17, 15) is 23.1 Å². The van der Waals surface area contributed by atoms with E-state index < -0.39 is 15.9 Å². The van der Waals surface area contributed by atoms with Crippen molar-refractivity contribution in [2.45, 2.75) is 36.6 Å². The fourth-order valence-corrected chi connectivity index (χ4v) is 5.91. The molecule has 1 aromatic heterocycles. The van der Waals surface area contributed by atoms with Crippen molar-refractivity contribution in [3.63, 3.8) is 0 Å². The first kappa shape index (κ1) is 26.2. The molecule has 2 amide bonds. The number of aromatic nitrogens is 1. The number of hydrogen-bond acceptors (Lipinski definition) is 6. The fraction of sp³-hybridized carbons (Fsp3) is 0.480. The second kappa shape index (κ2) is 10.6. The number of carbonyl (C=O) groups is 2. The van der Waals surface area contributed by atoms with E-state index in [1.807, 2.05) is 24.0 Å². The van der Waals surface area contributed by atoms with Gasteiger partial charge in [-0.05, 0) is 49.6 Å². The zero-order chi connectivity index (χ0) is 26.0. The lowest BCUT2D eigenvalue weighted by Crippen LogP contribution is -2.45. The van der Waals surface area contributed by atoms with Crippen LogP contribution < -0.4 is 4.90 Å². The van der Waals surface area contributed by atoms with Crippen molar-refractivity contribution in [2.24, 2.45) is 5.92 Å². The Morgan fingerprint density at radius 3 is 2.31 bits per heavy atom. The van der Waals surface area contributed by atoms with Crippen LogP contribution in [0, 0.1) is 5.92 Å². The summed E-state index contributed by atoms with van der Waals surface area (Å²) in [6, 6.07) is 10.3. The number of likely N-dealkylation sites (N-methyl/N-ethyl adjacent to an activating group) is 1. The summed E-state index contributed by atoms with van der Waals surface area (Å²) in [5.41, 5.74) is 0.970. The maximum atomic E-state index is 13.5. The average Bonchev–Trinajstić information content (AvgIpc) is 3.29. The van der Waals surface area contributed by atoms with Crippen molar-refractivity contribution in [3.05, 3.63) is 53.2 Å². The van der Waals surface area contributed by atoms with Crippen LogP contribution in [0.4, 0.5) is 10.6 Å². The highest BCUT2D eigenvalue weighted by Crippen LogP contribution is 2.34. The van der Waals surface area contributed by atoms with E-state index in [2.05, 4.69) is 9.88 Å². The van der Waals surface area contributed by atoms with Gasteiger partial charge in [-0.15, -0.1) is 0 Å². The van der Waals surface area contributed by atoms with Crippen LogP contribution >= 0.6 is 11.6 Å². The summed E-state index contributed by atoms with van der Waals surface area (Å²) in [6.07, 6.45) is 2.83. The third-order valence-corrected chi connectivity index (χ3v) is 8.55. The molecular formula is C25H31ClN4O5S. The van der Waals surface area contributed by atoms with E-state index in [1.165, 1.54) is 11.1 Å². The van der Waals surface area contributed by atoms with Crippen LogP contribution in [0.5, 0.6) is 0 Å². The molecule has 3 heterocycles. The van der Waals surface area contributed by atoms with Gasteiger partial charge in [0.1, 0.15) is 5.82 Å². The van der Waals surface area contributed by atoms with Gasteiger partial charge in [-0.1, -0.05) is 23.7 Å². The molecular weight excluding hydrogens is 504 g/mol. The highest BCUT2D eigenvalue weighted by molar-refractivity contribution is 7.90. The molecule has 194 valence electrons. The molecule has 1 aromatic carbocycles. The maximum absolute atomic E-state index is 13.5. The summed E-state index contributed by atoms with van der Waals surface area (Å²) >= 11 is 6.06. The quantitative estimate of drug-likeness (QED) is 0.605. The Labute approximate surface area is 216 Å². The van der Waals surface area contributed by atoms with Crippen LogP contribution in [0.15, 0.2) is 47.5 Å². The van der Waals surface area contributed by atoms with Gasteiger partial charge in [0.2, 0.25) is 5.91 Å². The molecule has 2 aliphatic rings. The minimum absolute atomic E-state index is 0.0536. The number of amides is 2. The van der Waals surface area contributed by atoms with Crippen molar-refractivity contribution in [3.8, 4) is 0 Å². The lowest BCUT2D eigenvalue weighted by atomic mass is 9.93. The lowest BCUT2D eigenvalue weighted by molar-refractivity contribution is -0.135. The molecule has 36 heavy (non-hydrogen) atoms. The summed E-state index contributed by atoms with van der Waals surface area (Å²) in [6.45, 7) is 4.25. The summed E-state index contributed by atoms with van der Waals surface area (Å²) in [4.78, 5) is 35.2. The molecule has 0 bridgehead atoms. The highest BCUT2D eigenvalue weighted by Gasteiger charge is 2.42. The average molecular weight is 535 g/mol. The predicted octanol–water partition coefficient (Wildman–Crippen LogP) is 3.35. The van der Waals surface area contributed by atoms with Gasteiger partial charge >= 0.3 is 6.09 Å². The molecule has 0 aliphatic carbocycles. The maximum Gasteiger partial charge on any atom is 0.407 e. The van der Waals surface area contributed by atoms with E-state index in [0.29, 0.717) is 56.4 Å². The van der Waals surface area contributed by atoms with E-state index in [-0.39, 0.29) is 28.7 Å². The molecule has 0 unspecified atom stereocenters. The number of carboxylic acid groups (broad SMARTS) is 1. The molecule has 9 nitrogen and oxygen atoms in total. The molecule has 1 N–H and O–H groups in total. The Kier molecular flexibility index (Phi) is 7.75. The molecule has 2 aliphatic heterocycles. The number of anilines is 1. The molecule has 2 atom stereocenters. The van der Waals surface area contributed by atoms with Gasteiger partial charge in [0.05, 0.1) is 10.9 Å². The van der Waals surface area contributed by atoms with Gasteiger partial charge in [0.25, 0.3) is 0 Å². The van der Waals surface area contributed by atoms with Gasteiger partial charge in [0, 0.05) is 62.0 Å². The van der Waals surface area contributed by atoms with E-state index in [1.54, 1.807) is 24.3 Å². The van der Waals surface area contributed by atoms with E-state index in [0.717, 1.165) is 11.8 Å². The Morgan fingerprint density at radius 2 is 1.78 bits per heavy atom. The van der Waals surface area contributed by atoms with Gasteiger partial charge in [-0.2, -0.15) is 0 Å². The summed E-state index contributed by atoms with van der Waals surface area (Å²) in [5, 5.41) is 10.4. The number of hydrogen-bond donors (Lipinski definition) is 1. The van der Waals surface area contributed by atoms with Crippen LogP contribution in [0.1, 0.15) is 31.2 Å². The SMILES string of the molecule is CCN(C(=O)O)[C@H]1CN(C(=O)C2CCN(c3ccc(S(C)(=O)=O)cn3)CC2)C[C@@H]1c1ccc(Cl)cc1. The Bertz CT molecular complexity index is 1200. The molecule has 0 spiro atoms. The van der Waals surface area contributed by atoms with Crippen molar-refractivity contribution < 1.29 is 23.1 Å². The number of halogens is 1. The Balaban J connectivity index is 1.44. The molecule has 11 heteroatoms. The summed E-state index contributed by atoms with van der Waals surface area (Å²) in [5.74, 6) is 0.469. The number of likely N-dealkylation sites (tertiary alicyclic amines) is 1. The Morgan fingerprint density at radius 1 is 1.11 bits per heavy atom. The monoisotopic (exact) mass is 534 g/mol. The number of benzene rings is 1. The van der Waals surface area contributed by atoms with Crippen molar-refractivity contribution >= 4 is 39.3 Å². The number of rotatable bonds is 6. The standard InChI is InChI=1S/C25H31ClN4O5S/c1-3-30(25(32)33)22-16-29(15-21(22)17-4-6-19(26)7-5-17)24(31)18-10-12-28(13-11-18)23-9-8-20(14-27-23)36(2,34)35/h4-9,14,18,21-22H,3,10-13,15-16H2,1-2H3,(H,32,33)/t21-,22+/m1/s1. The zero-order valence-corrected chi connectivity index (χ0v) is 22.0. The number of pyridine rings is 1. The predicted molar refractivity (Wildman–Crippen MR) is 137 cm³/mol. The first-order valence-electron chi connectivity index (χ1n) is 12.0. The highest BCUT2D eigenvalue weighted by atomic mass is 35.5. The third kappa shape index (κ3) is 5.59. The van der Waals surface area contributed by atoms with Crippen molar-refractivity contribution in [1.29, 1.82) is 0 Å². The van der Waals surface area contributed by atoms with E-state index >= 15 is 0 Å². The fourth-order valence-electron chi connectivity index (χ4n) is 5.22. The van der Waals surface area contributed by atoms with Crippen molar-refractivity contribution in [2.75, 3.05) is 43.9 Å². The second-order valence-corrected chi connectivity index (χ2v) is 11.9. The minimum Gasteiger partial charge on any atom is -0.465 e. The molecule has 4 rings (SSSR count). The van der Waals surface area contributed by atoms with Crippen molar-refractivity contribution in [1.82, 2.24) is 14.8 Å². The van der Waals surface area contributed by atoms with Gasteiger partial charge < -0.3 is 19.8 Å². The van der Waals surface area contributed by atoms with Crippen LogP contribution in [0.3, 0.4) is 0 Å². The van der Waals surface area contributed by atoms with E-state index in [4.69, 9.17) is 11.6 Å². The van der Waals surface area contributed by atoms with Gasteiger partial charge in [0.15, 0.2) is 9.84 Å². The third-order valence-electron chi connectivity index (χ3n) is 7.20. The number of carbonyl (C=O) groups excluding carboxylic acids is 1. The first-order chi connectivity index (χ1) is 17.1. The molecule has 0 saturated carbocycles. The lowest BCUT2D eigenvalue weighted by Gasteiger charge is -2.34. The second-order valence-electron chi connectivity index (χ2n) is 9.42. The van der Waals surface area contributed by atoms with Crippen LogP contribution in [-0.4, -0.2) is 85.3 Å². The molecule has 2 aromatic rings. The normalized spacial score (nSPS) is 21.0. The van der Waals surface area contributed by atoms with Crippen LogP contribution in [0.2, 0.25) is 5.02 Å². The molecule has 2 fully saturated rings. The number of sulfone groups is 1. The molecule has 2 saturated heterocycles. The zero-order valence-electron chi connectivity index (χ0n) is 20.4. The summed E-state index contributed by atoms with van der Waals surface area (Å²) in [7, 11) is -3.30. The minimum atomic E-state index is -3.30. The largest absolute Gasteiger partial charge is 0.465 e. The smallest absolute Gasteiger partial charge is 0.407 e. The number of piperidine rings is 1. The van der Waals surface area contributed by atoms with Crippen LogP contribution in [-0.2, 0) is 14.6 Å². The van der Waals surface area contributed by atoms with Gasteiger partial charge in [-0.3, -0.25) is 4.79 Å². The number of nitrogens with zero attached hydrogens (tertiary/aromatic N) is 4. The van der Waals surface area contributed by atoms with Crippen LogP contribution in [0.25, 0.3) is 0 Å².